The normalized spacial score (nSPS) is 16.7. The van der Waals surface area contributed by atoms with Crippen LogP contribution in [0.4, 0.5) is 0 Å². The van der Waals surface area contributed by atoms with Crippen LogP contribution in [-0.4, -0.2) is 20.5 Å². The number of hydrogen-bond donors (Lipinski definition) is 0. The average molecular weight is 339 g/mol. The third-order valence-corrected chi connectivity index (χ3v) is 10.4. The Morgan fingerprint density at radius 2 is 1.48 bits per heavy atom. The molecule has 0 aliphatic heterocycles. The van der Waals surface area contributed by atoms with Crippen molar-refractivity contribution in [1.82, 2.24) is 0 Å². The molecule has 4 nitrogen and oxygen atoms in total. The first-order valence-electron chi connectivity index (χ1n) is 8.42. The Balaban J connectivity index is 3.40. The number of hydrogen-bond acceptors (Lipinski definition) is 4. The molecule has 0 atom stereocenters. The van der Waals surface area contributed by atoms with Crippen LogP contribution in [0, 0.1) is 5.92 Å². The molecule has 0 aromatic rings. The lowest BCUT2D eigenvalue weighted by Gasteiger charge is -2.48. The van der Waals surface area contributed by atoms with Crippen LogP contribution in [-0.2, 0) is 18.4 Å². The third kappa shape index (κ3) is 4.13. The predicted octanol–water partition coefficient (Wildman–Crippen LogP) is 4.66. The summed E-state index contributed by atoms with van der Waals surface area (Å²) in [7, 11) is -3.20. The third-order valence-electron chi connectivity index (χ3n) is 5.32. The van der Waals surface area contributed by atoms with Crippen molar-refractivity contribution in [2.45, 2.75) is 70.4 Å². The van der Waals surface area contributed by atoms with E-state index in [1.807, 2.05) is 13.8 Å². The van der Waals surface area contributed by atoms with Crippen LogP contribution in [0.5, 0.6) is 0 Å². The van der Waals surface area contributed by atoms with Crippen molar-refractivity contribution in [2.75, 3.05) is 0 Å². The molecule has 23 heavy (non-hydrogen) atoms. The summed E-state index contributed by atoms with van der Waals surface area (Å²) in [4.78, 5) is 24.2. The number of carbonyl (C=O) groups excluding carboxylic acids is 2. The molecule has 1 saturated carbocycles. The lowest BCUT2D eigenvalue weighted by molar-refractivity contribution is -0.137. The molecule has 0 radical (unpaired) electrons. The van der Waals surface area contributed by atoms with Gasteiger partial charge in [0.2, 0.25) is 0 Å². The lowest BCUT2D eigenvalue weighted by Crippen LogP contribution is -2.59. The molecular formula is C18H30O4Si. The van der Waals surface area contributed by atoms with Crippen molar-refractivity contribution in [3.63, 3.8) is 0 Å². The van der Waals surface area contributed by atoms with Gasteiger partial charge in [0.1, 0.15) is 0 Å². The summed E-state index contributed by atoms with van der Waals surface area (Å²) < 4.78 is 11.8. The quantitative estimate of drug-likeness (QED) is 0.500. The van der Waals surface area contributed by atoms with E-state index in [0.717, 1.165) is 37.8 Å². The van der Waals surface area contributed by atoms with E-state index in [9.17, 15) is 9.59 Å². The van der Waals surface area contributed by atoms with E-state index >= 15 is 0 Å². The summed E-state index contributed by atoms with van der Waals surface area (Å²) in [6.45, 7) is 15.3. The van der Waals surface area contributed by atoms with Gasteiger partial charge in [-0.25, -0.2) is 9.59 Å². The molecular weight excluding hydrogens is 308 g/mol. The number of carbonyl (C=O) groups is 2. The van der Waals surface area contributed by atoms with E-state index in [4.69, 9.17) is 8.85 Å². The zero-order valence-corrected chi connectivity index (χ0v) is 15.9. The van der Waals surface area contributed by atoms with E-state index in [1.54, 1.807) is 0 Å². The van der Waals surface area contributed by atoms with Crippen molar-refractivity contribution in [1.29, 1.82) is 0 Å². The summed E-state index contributed by atoms with van der Waals surface area (Å²) in [6, 6.07) is 0. The summed E-state index contributed by atoms with van der Waals surface area (Å²) >= 11 is 0. The Morgan fingerprint density at radius 3 is 1.83 bits per heavy atom. The van der Waals surface area contributed by atoms with Crippen molar-refractivity contribution in [3.05, 3.63) is 25.3 Å². The van der Waals surface area contributed by atoms with Crippen LogP contribution >= 0.6 is 0 Å². The molecule has 5 heteroatoms. The second-order valence-corrected chi connectivity index (χ2v) is 11.0. The predicted molar refractivity (Wildman–Crippen MR) is 94.0 cm³/mol. The highest BCUT2D eigenvalue weighted by Gasteiger charge is 2.63. The fourth-order valence-corrected chi connectivity index (χ4v) is 7.93. The Hall–Kier alpha value is -1.36. The first kappa shape index (κ1) is 19.7. The molecule has 0 N–H and O–H groups in total. The van der Waals surface area contributed by atoms with Gasteiger partial charge in [0.05, 0.1) is 0 Å². The van der Waals surface area contributed by atoms with Gasteiger partial charge >= 0.3 is 20.5 Å². The van der Waals surface area contributed by atoms with Gasteiger partial charge in [0.15, 0.2) is 0 Å². The fourth-order valence-electron chi connectivity index (χ4n) is 3.24. The average Bonchev–Trinajstić information content (AvgIpc) is 2.54. The molecule has 0 aromatic carbocycles. The standard InChI is InChI=1S/C18H30O4Si/c1-7-16(19)21-23(22-17(20)8-2,18(5,6)14(3)4)15-12-10-9-11-13-15/h7-8,14-15H,1-2,9-13H2,3-6H3. The fraction of sp³-hybridized carbons (Fsp3) is 0.667. The molecule has 0 aromatic heterocycles. The Labute approximate surface area is 141 Å². The highest BCUT2D eigenvalue weighted by atomic mass is 28.4. The van der Waals surface area contributed by atoms with E-state index in [-0.39, 0.29) is 11.5 Å². The SMILES string of the molecule is C=CC(=O)O[Si](OC(=O)C=C)(C1CCCCC1)C(C)(C)C(C)C. The number of rotatable bonds is 7. The van der Waals surface area contributed by atoms with Crippen LogP contribution in [0.15, 0.2) is 25.3 Å². The Morgan fingerprint density at radius 1 is 1.04 bits per heavy atom. The van der Waals surface area contributed by atoms with Crippen LogP contribution < -0.4 is 0 Å². The topological polar surface area (TPSA) is 52.6 Å². The first-order chi connectivity index (χ1) is 10.7. The molecule has 1 aliphatic rings. The molecule has 0 unspecified atom stereocenters. The van der Waals surface area contributed by atoms with Gasteiger partial charge in [-0.05, 0) is 18.8 Å². The molecule has 0 spiro atoms. The van der Waals surface area contributed by atoms with Crippen LogP contribution in [0.1, 0.15) is 59.8 Å². The summed E-state index contributed by atoms with van der Waals surface area (Å²) in [5, 5.41) is -0.410. The molecule has 0 saturated heterocycles. The molecule has 1 rings (SSSR count). The smallest absolute Gasteiger partial charge is 0.474 e. The maximum absolute atomic E-state index is 12.1. The molecule has 0 heterocycles. The van der Waals surface area contributed by atoms with Gasteiger partial charge in [-0.2, -0.15) is 0 Å². The second kappa shape index (κ2) is 7.95. The highest BCUT2D eigenvalue weighted by Crippen LogP contribution is 2.54. The van der Waals surface area contributed by atoms with Crippen LogP contribution in [0.3, 0.4) is 0 Å². The zero-order chi connectivity index (χ0) is 17.7. The minimum atomic E-state index is -3.20. The molecule has 0 amide bonds. The van der Waals surface area contributed by atoms with E-state index in [0.29, 0.717) is 0 Å². The van der Waals surface area contributed by atoms with Gasteiger partial charge < -0.3 is 8.85 Å². The van der Waals surface area contributed by atoms with Gasteiger partial charge in [-0.1, -0.05) is 60.1 Å². The lowest BCUT2D eigenvalue weighted by atomic mass is 9.98. The summed E-state index contributed by atoms with van der Waals surface area (Å²) in [5.74, 6) is -0.813. The summed E-state index contributed by atoms with van der Waals surface area (Å²) in [6.07, 6.45) is 7.49. The minimum Gasteiger partial charge on any atom is -0.481 e. The van der Waals surface area contributed by atoms with Crippen molar-refractivity contribution < 1.29 is 18.4 Å². The minimum absolute atomic E-state index is 0.112. The molecule has 1 fully saturated rings. The summed E-state index contributed by atoms with van der Waals surface area (Å²) in [5.41, 5.74) is 0.112. The maximum Gasteiger partial charge on any atom is 0.474 e. The van der Waals surface area contributed by atoms with Gasteiger partial charge in [-0.3, -0.25) is 0 Å². The van der Waals surface area contributed by atoms with Crippen LogP contribution in [0.2, 0.25) is 10.6 Å². The van der Waals surface area contributed by atoms with E-state index < -0.39 is 25.5 Å². The van der Waals surface area contributed by atoms with E-state index in [1.165, 1.54) is 6.42 Å². The highest BCUT2D eigenvalue weighted by molar-refractivity contribution is 6.75. The van der Waals surface area contributed by atoms with Gasteiger partial charge in [0.25, 0.3) is 0 Å². The van der Waals surface area contributed by atoms with E-state index in [2.05, 4.69) is 27.0 Å². The zero-order valence-electron chi connectivity index (χ0n) is 14.9. The first-order valence-corrected chi connectivity index (χ1v) is 10.3. The van der Waals surface area contributed by atoms with Crippen molar-refractivity contribution in [3.8, 4) is 0 Å². The molecule has 0 bridgehead atoms. The van der Waals surface area contributed by atoms with Crippen molar-refractivity contribution >= 4 is 20.5 Å². The van der Waals surface area contributed by atoms with Gasteiger partial charge in [-0.15, -0.1) is 0 Å². The molecule has 130 valence electrons. The van der Waals surface area contributed by atoms with Crippen LogP contribution in [0.25, 0.3) is 0 Å². The molecule has 1 aliphatic carbocycles. The Bertz CT molecular complexity index is 440. The van der Waals surface area contributed by atoms with Gasteiger partial charge in [0, 0.05) is 22.7 Å². The largest absolute Gasteiger partial charge is 0.481 e. The Kier molecular flexibility index (Phi) is 6.80. The monoisotopic (exact) mass is 338 g/mol. The van der Waals surface area contributed by atoms with Crippen molar-refractivity contribution in [2.24, 2.45) is 5.92 Å². The maximum atomic E-state index is 12.1. The second-order valence-electron chi connectivity index (χ2n) is 7.13.